The van der Waals surface area contributed by atoms with Crippen molar-refractivity contribution in [3.63, 3.8) is 0 Å². The predicted octanol–water partition coefficient (Wildman–Crippen LogP) is 3.10. The lowest BCUT2D eigenvalue weighted by atomic mass is 9.77. The van der Waals surface area contributed by atoms with Gasteiger partial charge in [-0.2, -0.15) is 22.0 Å². The molecule has 0 radical (unpaired) electrons. The van der Waals surface area contributed by atoms with Gasteiger partial charge in [0.1, 0.15) is 0 Å². The van der Waals surface area contributed by atoms with Gasteiger partial charge in [-0.3, -0.25) is 0 Å². The Morgan fingerprint density at radius 1 is 1.06 bits per heavy atom. The van der Waals surface area contributed by atoms with Crippen LogP contribution in [0.3, 0.4) is 0 Å². The lowest BCUT2D eigenvalue weighted by Gasteiger charge is -2.35. The van der Waals surface area contributed by atoms with Gasteiger partial charge in [0.15, 0.2) is 0 Å². The van der Waals surface area contributed by atoms with Crippen molar-refractivity contribution in [2.75, 3.05) is 6.61 Å². The van der Waals surface area contributed by atoms with Crippen LogP contribution in [0.4, 0.5) is 22.0 Å². The Bertz CT molecular complexity index is 311. The Morgan fingerprint density at radius 3 is 2.06 bits per heavy atom. The normalized spacial score (nSPS) is 38.0. The van der Waals surface area contributed by atoms with Crippen LogP contribution in [0, 0.1) is 11.8 Å². The van der Waals surface area contributed by atoms with Crippen LogP contribution in [-0.2, 0) is 4.74 Å². The summed E-state index contributed by atoms with van der Waals surface area (Å²) in [6.07, 6.45) is -2.16. The summed E-state index contributed by atoms with van der Waals surface area (Å²) in [5, 5.41) is 9.16. The summed E-state index contributed by atoms with van der Waals surface area (Å²) >= 11 is 0. The number of hydrogen-bond acceptors (Lipinski definition) is 2. The fourth-order valence-electron chi connectivity index (χ4n) is 2.90. The second-order valence-electron chi connectivity index (χ2n) is 5.08. The maximum absolute atomic E-state index is 13.8. The number of ether oxygens (including phenoxy) is 1. The highest BCUT2D eigenvalue weighted by atomic mass is 19.4. The maximum Gasteiger partial charge on any atom is 0.449 e. The lowest BCUT2D eigenvalue weighted by Crippen LogP contribution is -2.58. The molecular weight excluding hydrogens is 259 g/mol. The van der Waals surface area contributed by atoms with Gasteiger partial charge in [0.25, 0.3) is 0 Å². The van der Waals surface area contributed by atoms with E-state index in [-0.39, 0.29) is 0 Å². The molecule has 2 nitrogen and oxygen atoms in total. The van der Waals surface area contributed by atoms with Crippen molar-refractivity contribution in [1.82, 2.24) is 0 Å². The van der Waals surface area contributed by atoms with Crippen LogP contribution in [-0.4, -0.2) is 29.6 Å². The first kappa shape index (κ1) is 14.0. The van der Waals surface area contributed by atoms with Crippen molar-refractivity contribution in [3.05, 3.63) is 0 Å². The summed E-state index contributed by atoms with van der Waals surface area (Å²) in [5.41, 5.74) is 0. The molecule has 7 heteroatoms. The van der Waals surface area contributed by atoms with Gasteiger partial charge in [0.2, 0.25) is 0 Å². The van der Waals surface area contributed by atoms with Gasteiger partial charge < -0.3 is 9.84 Å². The Morgan fingerprint density at radius 2 is 1.61 bits per heavy atom. The third-order valence-corrected chi connectivity index (χ3v) is 3.99. The Balaban J connectivity index is 2.21. The van der Waals surface area contributed by atoms with E-state index in [1.807, 2.05) is 0 Å². The maximum atomic E-state index is 13.8. The Kier molecular flexibility index (Phi) is 3.34. The summed E-state index contributed by atoms with van der Waals surface area (Å²) in [5.74, 6) is -10.7. The molecule has 18 heavy (non-hydrogen) atoms. The molecule has 2 aliphatic rings. The van der Waals surface area contributed by atoms with Crippen molar-refractivity contribution in [2.24, 2.45) is 11.8 Å². The second-order valence-corrected chi connectivity index (χ2v) is 5.08. The van der Waals surface area contributed by atoms with Crippen molar-refractivity contribution in [2.45, 2.75) is 50.0 Å². The van der Waals surface area contributed by atoms with Crippen molar-refractivity contribution in [1.29, 1.82) is 0 Å². The van der Waals surface area contributed by atoms with E-state index in [1.165, 1.54) is 0 Å². The monoisotopic (exact) mass is 274 g/mol. The van der Waals surface area contributed by atoms with Crippen molar-refractivity contribution < 1.29 is 31.8 Å². The summed E-state index contributed by atoms with van der Waals surface area (Å²) in [6.45, 7) is -0.742. The minimum Gasteiger partial charge on any atom is -0.354 e. The quantitative estimate of drug-likeness (QED) is 0.744. The van der Waals surface area contributed by atoms with Gasteiger partial charge in [-0.15, -0.1) is 0 Å². The zero-order chi connectivity index (χ0) is 13.6. The second kappa shape index (κ2) is 4.30. The van der Waals surface area contributed by atoms with E-state index in [0.717, 1.165) is 19.3 Å². The molecule has 2 fully saturated rings. The number of hydrogen-bond donors (Lipinski definition) is 1. The first-order chi connectivity index (χ1) is 8.20. The standard InChI is InChI=1S/C11H15F5O2/c12-9(13)8(7-4-2-1-3-5-7)6-18-10(9,17)11(14,15)16/h7-8,17H,1-6H2. The number of alkyl halides is 5. The van der Waals surface area contributed by atoms with Crippen LogP contribution in [0.5, 0.6) is 0 Å². The van der Waals surface area contributed by atoms with Gasteiger partial charge in [-0.1, -0.05) is 19.3 Å². The Hall–Kier alpha value is -0.430. The van der Waals surface area contributed by atoms with Gasteiger partial charge in [0.05, 0.1) is 12.5 Å². The van der Waals surface area contributed by atoms with E-state index in [2.05, 4.69) is 4.74 Å². The molecule has 1 aliphatic heterocycles. The molecule has 1 saturated heterocycles. The van der Waals surface area contributed by atoms with E-state index in [4.69, 9.17) is 5.11 Å². The van der Waals surface area contributed by atoms with Crippen LogP contribution >= 0.6 is 0 Å². The fraction of sp³-hybridized carbons (Fsp3) is 1.00. The molecule has 1 N–H and O–H groups in total. The van der Waals surface area contributed by atoms with Crippen molar-refractivity contribution >= 4 is 0 Å². The van der Waals surface area contributed by atoms with Crippen LogP contribution in [0.15, 0.2) is 0 Å². The van der Waals surface area contributed by atoms with Gasteiger partial charge in [-0.25, -0.2) is 0 Å². The smallest absolute Gasteiger partial charge is 0.354 e. The molecule has 0 spiro atoms. The predicted molar refractivity (Wildman–Crippen MR) is 52.0 cm³/mol. The van der Waals surface area contributed by atoms with E-state index < -0.39 is 36.3 Å². The SMILES string of the molecule is OC1(C(F)(F)F)OCC(C2CCCCC2)C1(F)F. The first-order valence-electron chi connectivity index (χ1n) is 6.01. The molecule has 2 rings (SSSR count). The molecule has 0 aromatic carbocycles. The number of halogens is 5. The van der Waals surface area contributed by atoms with E-state index in [1.54, 1.807) is 0 Å². The van der Waals surface area contributed by atoms with Crippen molar-refractivity contribution in [3.8, 4) is 0 Å². The average Bonchev–Trinajstić information content (AvgIpc) is 2.52. The molecule has 106 valence electrons. The third-order valence-electron chi connectivity index (χ3n) is 3.99. The van der Waals surface area contributed by atoms with Crippen LogP contribution in [0.25, 0.3) is 0 Å². The third kappa shape index (κ3) is 1.91. The molecule has 0 aromatic heterocycles. The molecule has 2 unspecified atom stereocenters. The number of rotatable bonds is 1. The zero-order valence-corrected chi connectivity index (χ0v) is 9.64. The molecular formula is C11H15F5O2. The molecule has 1 heterocycles. The molecule has 0 amide bonds. The number of aliphatic hydroxyl groups is 1. The minimum atomic E-state index is -5.49. The molecule has 1 saturated carbocycles. The highest BCUT2D eigenvalue weighted by Crippen LogP contribution is 2.55. The molecule has 1 aliphatic carbocycles. The molecule has 0 bridgehead atoms. The summed E-state index contributed by atoms with van der Waals surface area (Å²) in [4.78, 5) is 0. The van der Waals surface area contributed by atoms with E-state index in [0.29, 0.717) is 12.8 Å². The van der Waals surface area contributed by atoms with Gasteiger partial charge >= 0.3 is 17.9 Å². The van der Waals surface area contributed by atoms with Crippen LogP contribution in [0.1, 0.15) is 32.1 Å². The molecule has 2 atom stereocenters. The largest absolute Gasteiger partial charge is 0.449 e. The minimum absolute atomic E-state index is 0.470. The van der Waals surface area contributed by atoms with E-state index in [9.17, 15) is 22.0 Å². The van der Waals surface area contributed by atoms with E-state index >= 15 is 0 Å². The zero-order valence-electron chi connectivity index (χ0n) is 9.64. The topological polar surface area (TPSA) is 29.5 Å². The van der Waals surface area contributed by atoms with Crippen LogP contribution < -0.4 is 0 Å². The Labute approximate surface area is 101 Å². The summed E-state index contributed by atoms with van der Waals surface area (Å²) in [7, 11) is 0. The average molecular weight is 274 g/mol. The highest BCUT2D eigenvalue weighted by Gasteiger charge is 2.77. The highest BCUT2D eigenvalue weighted by molar-refractivity contribution is 5.03. The van der Waals surface area contributed by atoms with Gasteiger partial charge in [0, 0.05) is 0 Å². The fourth-order valence-corrected chi connectivity index (χ4v) is 2.90. The summed E-state index contributed by atoms with van der Waals surface area (Å²) < 4.78 is 69.3. The lowest BCUT2D eigenvalue weighted by molar-refractivity contribution is -0.405. The first-order valence-corrected chi connectivity index (χ1v) is 6.01. The molecule has 0 aromatic rings. The van der Waals surface area contributed by atoms with Gasteiger partial charge in [-0.05, 0) is 18.8 Å². The van der Waals surface area contributed by atoms with Crippen LogP contribution in [0.2, 0.25) is 0 Å². The summed E-state index contributed by atoms with van der Waals surface area (Å²) in [6, 6.07) is 0.